The molecule has 1 aromatic heterocycles. The first-order valence-corrected chi connectivity index (χ1v) is 6.56. The van der Waals surface area contributed by atoms with E-state index in [1.807, 2.05) is 4.57 Å². The van der Waals surface area contributed by atoms with Crippen molar-refractivity contribution < 1.29 is 4.79 Å². The van der Waals surface area contributed by atoms with E-state index in [-0.39, 0.29) is 11.9 Å². The second-order valence-corrected chi connectivity index (χ2v) is 4.96. The van der Waals surface area contributed by atoms with Crippen LogP contribution in [-0.2, 0) is 11.3 Å². The number of carbonyl (C=O) groups excluding carboxylic acids is 1. The average molecular weight is 257 g/mol. The molecule has 0 unspecified atom stereocenters. The Balaban J connectivity index is 2.58. The zero-order valence-corrected chi connectivity index (χ0v) is 11.3. The Bertz CT molecular complexity index is 377. The topological polar surface area (TPSA) is 85.8 Å². The molecule has 1 aromatic rings. The van der Waals surface area contributed by atoms with Crippen molar-refractivity contribution >= 4 is 17.7 Å². The smallest absolute Gasteiger partial charge is 0.216 e. The van der Waals surface area contributed by atoms with Crippen molar-refractivity contribution in [3.05, 3.63) is 5.82 Å². The number of thioether (sulfide) groups is 1. The minimum absolute atomic E-state index is 0.0152. The van der Waals surface area contributed by atoms with Crippen LogP contribution in [-0.4, -0.2) is 33.0 Å². The lowest BCUT2D eigenvalue weighted by atomic mass is 10.4. The maximum absolute atomic E-state index is 10.7. The molecule has 6 nitrogen and oxygen atoms in total. The van der Waals surface area contributed by atoms with Crippen molar-refractivity contribution in [2.75, 3.05) is 12.3 Å². The Kier molecular flexibility index (Phi) is 5.43. The molecule has 0 bridgehead atoms. The number of nitrogens with zero attached hydrogens (tertiary/aromatic N) is 3. The van der Waals surface area contributed by atoms with E-state index in [9.17, 15) is 4.79 Å². The van der Waals surface area contributed by atoms with E-state index in [1.54, 1.807) is 11.8 Å². The first-order chi connectivity index (χ1) is 8.06. The molecule has 0 aliphatic rings. The van der Waals surface area contributed by atoms with Crippen LogP contribution in [0.5, 0.6) is 0 Å². The third-order valence-electron chi connectivity index (χ3n) is 2.14. The van der Waals surface area contributed by atoms with Crippen molar-refractivity contribution in [2.45, 2.75) is 38.5 Å². The highest BCUT2D eigenvalue weighted by molar-refractivity contribution is 7.99. The van der Waals surface area contributed by atoms with Crippen LogP contribution >= 0.6 is 11.8 Å². The molecule has 0 saturated carbocycles. The molecule has 0 aliphatic heterocycles. The van der Waals surface area contributed by atoms with Crippen molar-refractivity contribution in [3.63, 3.8) is 0 Å². The Labute approximate surface area is 105 Å². The van der Waals surface area contributed by atoms with Crippen molar-refractivity contribution in [2.24, 2.45) is 5.73 Å². The third kappa shape index (κ3) is 4.01. The van der Waals surface area contributed by atoms with Gasteiger partial charge in [-0.05, 0) is 13.8 Å². The number of aromatic nitrogens is 3. The van der Waals surface area contributed by atoms with Crippen LogP contribution < -0.4 is 11.1 Å². The number of nitrogens with two attached hydrogens (primary N) is 1. The van der Waals surface area contributed by atoms with Gasteiger partial charge in [0.1, 0.15) is 5.82 Å². The van der Waals surface area contributed by atoms with E-state index in [4.69, 9.17) is 5.73 Å². The van der Waals surface area contributed by atoms with Gasteiger partial charge >= 0.3 is 0 Å². The molecule has 1 rings (SSSR count). The van der Waals surface area contributed by atoms with Gasteiger partial charge in [0.25, 0.3) is 0 Å². The summed E-state index contributed by atoms with van der Waals surface area (Å²) in [6.07, 6.45) is 0. The van der Waals surface area contributed by atoms with E-state index in [2.05, 4.69) is 29.4 Å². The number of carbonyl (C=O) groups is 1. The number of nitrogens with one attached hydrogen (secondary N) is 1. The Hall–Kier alpha value is -1.08. The van der Waals surface area contributed by atoms with Crippen LogP contribution in [0.25, 0.3) is 0 Å². The van der Waals surface area contributed by atoms with E-state index < -0.39 is 0 Å². The highest BCUT2D eigenvalue weighted by atomic mass is 32.2. The minimum Gasteiger partial charge on any atom is -0.356 e. The van der Waals surface area contributed by atoms with E-state index in [1.165, 1.54) is 6.92 Å². The number of hydrogen-bond acceptors (Lipinski definition) is 5. The summed E-state index contributed by atoms with van der Waals surface area (Å²) in [5.74, 6) is 1.55. The van der Waals surface area contributed by atoms with Crippen LogP contribution in [0.1, 0.15) is 32.6 Å². The molecule has 3 N–H and O–H groups in total. The van der Waals surface area contributed by atoms with Crippen molar-refractivity contribution in [1.29, 1.82) is 0 Å². The maximum atomic E-state index is 10.7. The predicted octanol–water partition coefficient (Wildman–Crippen LogP) is 0.546. The van der Waals surface area contributed by atoms with Gasteiger partial charge in [0.2, 0.25) is 5.91 Å². The largest absolute Gasteiger partial charge is 0.356 e. The molecule has 96 valence electrons. The summed E-state index contributed by atoms with van der Waals surface area (Å²) in [6, 6.07) is 0.284. The predicted molar refractivity (Wildman–Crippen MR) is 67.7 cm³/mol. The molecule has 7 heteroatoms. The highest BCUT2D eigenvalue weighted by Crippen LogP contribution is 2.20. The zero-order valence-electron chi connectivity index (χ0n) is 10.4. The molecular formula is C10H19N5OS. The molecule has 0 atom stereocenters. The van der Waals surface area contributed by atoms with Gasteiger partial charge in [0.15, 0.2) is 5.16 Å². The summed E-state index contributed by atoms with van der Waals surface area (Å²) in [7, 11) is 0. The molecule has 0 aromatic carbocycles. The molecule has 0 spiro atoms. The summed E-state index contributed by atoms with van der Waals surface area (Å²) in [6.45, 7) is 6.66. The molecule has 17 heavy (non-hydrogen) atoms. The van der Waals surface area contributed by atoms with Crippen LogP contribution in [0.2, 0.25) is 0 Å². The molecular weight excluding hydrogens is 238 g/mol. The summed E-state index contributed by atoms with van der Waals surface area (Å²) in [5.41, 5.74) is 5.61. The molecule has 0 aliphatic carbocycles. The average Bonchev–Trinajstić information content (AvgIpc) is 2.67. The first-order valence-electron chi connectivity index (χ1n) is 5.57. The fourth-order valence-electron chi connectivity index (χ4n) is 1.43. The number of hydrogen-bond donors (Lipinski definition) is 2. The van der Waals surface area contributed by atoms with Crippen LogP contribution in [0, 0.1) is 0 Å². The van der Waals surface area contributed by atoms with Gasteiger partial charge in [-0.25, -0.2) is 0 Å². The SMILES string of the molecule is CC(=O)NCCSc1nnc(CN)n1C(C)C. The molecule has 1 heterocycles. The van der Waals surface area contributed by atoms with Crippen molar-refractivity contribution in [3.8, 4) is 0 Å². The van der Waals surface area contributed by atoms with Crippen LogP contribution in [0.3, 0.4) is 0 Å². The van der Waals surface area contributed by atoms with Gasteiger partial charge in [-0.15, -0.1) is 10.2 Å². The molecule has 0 radical (unpaired) electrons. The van der Waals surface area contributed by atoms with E-state index in [0.717, 1.165) is 16.7 Å². The zero-order chi connectivity index (χ0) is 12.8. The third-order valence-corrected chi connectivity index (χ3v) is 3.09. The van der Waals surface area contributed by atoms with Gasteiger partial charge < -0.3 is 15.6 Å². The first kappa shape index (κ1) is 14.0. The second-order valence-electron chi connectivity index (χ2n) is 3.90. The highest BCUT2D eigenvalue weighted by Gasteiger charge is 2.13. The van der Waals surface area contributed by atoms with E-state index in [0.29, 0.717) is 13.1 Å². The van der Waals surface area contributed by atoms with Crippen molar-refractivity contribution in [1.82, 2.24) is 20.1 Å². The van der Waals surface area contributed by atoms with E-state index >= 15 is 0 Å². The Morgan fingerprint density at radius 3 is 2.76 bits per heavy atom. The molecule has 0 fully saturated rings. The summed E-state index contributed by atoms with van der Waals surface area (Å²) >= 11 is 1.57. The van der Waals surface area contributed by atoms with Gasteiger partial charge in [-0.3, -0.25) is 4.79 Å². The Morgan fingerprint density at radius 2 is 2.24 bits per heavy atom. The summed E-state index contributed by atoms with van der Waals surface area (Å²) in [5, 5.41) is 11.8. The van der Waals surface area contributed by atoms with Crippen LogP contribution in [0.4, 0.5) is 0 Å². The van der Waals surface area contributed by atoms with Gasteiger partial charge in [-0.1, -0.05) is 11.8 Å². The van der Waals surface area contributed by atoms with Gasteiger partial charge in [0, 0.05) is 25.3 Å². The summed E-state index contributed by atoms with van der Waals surface area (Å²) < 4.78 is 2.03. The lowest BCUT2D eigenvalue weighted by Gasteiger charge is -2.12. The quantitative estimate of drug-likeness (QED) is 0.574. The summed E-state index contributed by atoms with van der Waals surface area (Å²) in [4.78, 5) is 10.7. The second kappa shape index (κ2) is 6.61. The molecule has 1 amide bonds. The standard InChI is InChI=1S/C10H19N5OS/c1-7(2)15-9(6-11)13-14-10(15)17-5-4-12-8(3)16/h7H,4-6,11H2,1-3H3,(H,12,16). The van der Waals surface area contributed by atoms with Gasteiger partial charge in [-0.2, -0.15) is 0 Å². The maximum Gasteiger partial charge on any atom is 0.216 e. The number of rotatable bonds is 6. The Morgan fingerprint density at radius 1 is 1.53 bits per heavy atom. The lowest BCUT2D eigenvalue weighted by molar-refractivity contribution is -0.118. The lowest BCUT2D eigenvalue weighted by Crippen LogP contribution is -2.22. The number of amides is 1. The monoisotopic (exact) mass is 257 g/mol. The molecule has 0 saturated heterocycles. The van der Waals surface area contributed by atoms with Gasteiger partial charge in [0.05, 0.1) is 6.54 Å². The normalized spacial score (nSPS) is 10.9. The fraction of sp³-hybridized carbons (Fsp3) is 0.700. The van der Waals surface area contributed by atoms with Crippen LogP contribution in [0.15, 0.2) is 5.16 Å². The fourth-order valence-corrected chi connectivity index (χ4v) is 2.37. The minimum atomic E-state index is -0.0152.